The SMILES string of the molecule is CCC(N)Cc1cc(Cl)ccc1Oc1cccc(C)c1C. The molecule has 0 radical (unpaired) electrons. The molecule has 3 heteroatoms. The Bertz CT molecular complexity index is 625. The molecule has 1 atom stereocenters. The molecule has 0 spiro atoms. The van der Waals surface area contributed by atoms with Gasteiger partial charge in [0.25, 0.3) is 0 Å². The molecule has 2 aromatic rings. The van der Waals surface area contributed by atoms with Gasteiger partial charge >= 0.3 is 0 Å². The lowest BCUT2D eigenvalue weighted by Crippen LogP contribution is -2.21. The number of rotatable bonds is 5. The Morgan fingerprint density at radius 3 is 2.62 bits per heavy atom. The predicted molar refractivity (Wildman–Crippen MR) is 89.4 cm³/mol. The number of ether oxygens (including phenoxy) is 1. The zero-order chi connectivity index (χ0) is 15.4. The van der Waals surface area contributed by atoms with Gasteiger partial charge in [0.15, 0.2) is 0 Å². The topological polar surface area (TPSA) is 35.2 Å². The van der Waals surface area contributed by atoms with Crippen LogP contribution in [0.3, 0.4) is 0 Å². The van der Waals surface area contributed by atoms with Crippen LogP contribution >= 0.6 is 11.6 Å². The van der Waals surface area contributed by atoms with Crippen LogP contribution in [0, 0.1) is 13.8 Å². The summed E-state index contributed by atoms with van der Waals surface area (Å²) in [6.45, 7) is 6.23. The summed E-state index contributed by atoms with van der Waals surface area (Å²) in [7, 11) is 0. The van der Waals surface area contributed by atoms with Crippen LogP contribution in [-0.2, 0) is 6.42 Å². The lowest BCUT2D eigenvalue weighted by Gasteiger charge is -2.16. The lowest BCUT2D eigenvalue weighted by molar-refractivity contribution is 0.468. The summed E-state index contributed by atoms with van der Waals surface area (Å²) >= 11 is 6.11. The van der Waals surface area contributed by atoms with Crippen LogP contribution in [0.1, 0.15) is 30.0 Å². The molecule has 2 N–H and O–H groups in total. The molecule has 0 saturated heterocycles. The zero-order valence-electron chi connectivity index (χ0n) is 12.8. The van der Waals surface area contributed by atoms with E-state index in [0.29, 0.717) is 5.02 Å². The quantitative estimate of drug-likeness (QED) is 0.841. The standard InChI is InChI=1S/C18H22ClNO/c1-4-16(20)11-14-10-15(19)8-9-18(14)21-17-7-5-6-12(2)13(17)3/h5-10,16H,4,11,20H2,1-3H3. The second-order valence-electron chi connectivity index (χ2n) is 5.42. The Morgan fingerprint density at radius 1 is 1.14 bits per heavy atom. The molecule has 112 valence electrons. The Kier molecular flexibility index (Phi) is 5.27. The molecule has 0 heterocycles. The first-order valence-electron chi connectivity index (χ1n) is 7.29. The first-order valence-corrected chi connectivity index (χ1v) is 7.67. The molecule has 0 bridgehead atoms. The molecule has 0 fully saturated rings. The molecule has 21 heavy (non-hydrogen) atoms. The number of benzene rings is 2. The van der Waals surface area contributed by atoms with Gasteiger partial charge < -0.3 is 10.5 Å². The summed E-state index contributed by atoms with van der Waals surface area (Å²) in [5, 5.41) is 0.710. The molecule has 1 unspecified atom stereocenters. The molecular formula is C18H22ClNO. The van der Waals surface area contributed by atoms with Gasteiger partial charge in [-0.1, -0.05) is 30.7 Å². The summed E-state index contributed by atoms with van der Waals surface area (Å²) in [5.74, 6) is 1.71. The number of aryl methyl sites for hydroxylation is 1. The first-order chi connectivity index (χ1) is 10.0. The highest BCUT2D eigenvalue weighted by molar-refractivity contribution is 6.30. The van der Waals surface area contributed by atoms with E-state index in [1.54, 1.807) is 0 Å². The van der Waals surface area contributed by atoms with Crippen molar-refractivity contribution in [2.75, 3.05) is 0 Å². The monoisotopic (exact) mass is 303 g/mol. The maximum atomic E-state index is 6.11. The third-order valence-corrected chi connectivity index (χ3v) is 4.04. The van der Waals surface area contributed by atoms with Crippen molar-refractivity contribution in [2.45, 2.75) is 39.7 Å². The van der Waals surface area contributed by atoms with Crippen molar-refractivity contribution in [3.63, 3.8) is 0 Å². The molecule has 0 aliphatic rings. The predicted octanol–water partition coefficient (Wildman–Crippen LogP) is 5.03. The minimum absolute atomic E-state index is 0.115. The van der Waals surface area contributed by atoms with Gasteiger partial charge in [-0.05, 0) is 67.6 Å². The van der Waals surface area contributed by atoms with E-state index in [-0.39, 0.29) is 6.04 Å². The lowest BCUT2D eigenvalue weighted by atomic mass is 10.0. The van der Waals surface area contributed by atoms with E-state index in [0.717, 1.165) is 35.5 Å². The minimum atomic E-state index is 0.115. The summed E-state index contributed by atoms with van der Waals surface area (Å²) in [4.78, 5) is 0. The number of hydrogen-bond acceptors (Lipinski definition) is 2. The summed E-state index contributed by atoms with van der Waals surface area (Å²) in [5.41, 5.74) is 9.49. The van der Waals surface area contributed by atoms with E-state index >= 15 is 0 Å². The van der Waals surface area contributed by atoms with E-state index in [4.69, 9.17) is 22.1 Å². The van der Waals surface area contributed by atoms with Crippen molar-refractivity contribution >= 4 is 11.6 Å². The van der Waals surface area contributed by atoms with Crippen LogP contribution < -0.4 is 10.5 Å². The Morgan fingerprint density at radius 2 is 1.90 bits per heavy atom. The Balaban J connectivity index is 2.33. The van der Waals surface area contributed by atoms with Crippen LogP contribution in [0.2, 0.25) is 5.02 Å². The maximum absolute atomic E-state index is 6.11. The number of nitrogens with two attached hydrogens (primary N) is 1. The van der Waals surface area contributed by atoms with Crippen molar-refractivity contribution in [1.29, 1.82) is 0 Å². The van der Waals surface area contributed by atoms with Gasteiger partial charge in [0.2, 0.25) is 0 Å². The molecular weight excluding hydrogens is 282 g/mol. The maximum Gasteiger partial charge on any atom is 0.130 e. The van der Waals surface area contributed by atoms with Gasteiger partial charge in [-0.2, -0.15) is 0 Å². The van der Waals surface area contributed by atoms with Crippen molar-refractivity contribution < 1.29 is 4.74 Å². The largest absolute Gasteiger partial charge is 0.457 e. The summed E-state index contributed by atoms with van der Waals surface area (Å²) in [6.07, 6.45) is 1.69. The molecule has 0 aliphatic heterocycles. The van der Waals surface area contributed by atoms with Gasteiger partial charge in [0.05, 0.1) is 0 Å². The highest BCUT2D eigenvalue weighted by Gasteiger charge is 2.11. The fourth-order valence-electron chi connectivity index (χ4n) is 2.19. The summed E-state index contributed by atoms with van der Waals surface area (Å²) in [6, 6.07) is 11.9. The second kappa shape index (κ2) is 6.97. The van der Waals surface area contributed by atoms with Gasteiger partial charge in [-0.25, -0.2) is 0 Å². The number of halogens is 1. The molecule has 0 aliphatic carbocycles. The average Bonchev–Trinajstić information content (AvgIpc) is 2.46. The van der Waals surface area contributed by atoms with Crippen LogP contribution in [0.5, 0.6) is 11.5 Å². The highest BCUT2D eigenvalue weighted by atomic mass is 35.5. The van der Waals surface area contributed by atoms with Crippen molar-refractivity contribution in [3.8, 4) is 11.5 Å². The average molecular weight is 304 g/mol. The van der Waals surface area contributed by atoms with Crippen molar-refractivity contribution in [2.24, 2.45) is 5.73 Å². The van der Waals surface area contributed by atoms with Crippen LogP contribution in [0.25, 0.3) is 0 Å². The normalized spacial score (nSPS) is 12.2. The molecule has 2 rings (SSSR count). The van der Waals surface area contributed by atoms with E-state index < -0.39 is 0 Å². The van der Waals surface area contributed by atoms with Gasteiger partial charge in [0, 0.05) is 11.1 Å². The van der Waals surface area contributed by atoms with Gasteiger partial charge in [-0.15, -0.1) is 0 Å². The molecule has 0 aromatic heterocycles. The number of hydrogen-bond donors (Lipinski definition) is 1. The molecule has 0 saturated carbocycles. The zero-order valence-corrected chi connectivity index (χ0v) is 13.6. The van der Waals surface area contributed by atoms with Crippen LogP contribution in [0.15, 0.2) is 36.4 Å². The Hall–Kier alpha value is -1.51. The molecule has 0 amide bonds. The second-order valence-corrected chi connectivity index (χ2v) is 5.86. The van der Waals surface area contributed by atoms with E-state index in [1.165, 1.54) is 5.56 Å². The highest BCUT2D eigenvalue weighted by Crippen LogP contribution is 2.31. The minimum Gasteiger partial charge on any atom is -0.457 e. The summed E-state index contributed by atoms with van der Waals surface area (Å²) < 4.78 is 6.11. The third-order valence-electron chi connectivity index (χ3n) is 3.80. The van der Waals surface area contributed by atoms with Gasteiger partial charge in [-0.3, -0.25) is 0 Å². The van der Waals surface area contributed by atoms with Crippen LogP contribution in [0.4, 0.5) is 0 Å². The van der Waals surface area contributed by atoms with E-state index in [1.807, 2.05) is 30.3 Å². The Labute approximate surface area is 131 Å². The van der Waals surface area contributed by atoms with Crippen molar-refractivity contribution in [3.05, 3.63) is 58.1 Å². The first kappa shape index (κ1) is 15.9. The van der Waals surface area contributed by atoms with Crippen molar-refractivity contribution in [1.82, 2.24) is 0 Å². The molecule has 2 aromatic carbocycles. The fraction of sp³-hybridized carbons (Fsp3) is 0.333. The third kappa shape index (κ3) is 3.99. The van der Waals surface area contributed by atoms with Gasteiger partial charge in [0.1, 0.15) is 11.5 Å². The van der Waals surface area contributed by atoms with Crippen LogP contribution in [-0.4, -0.2) is 6.04 Å². The smallest absolute Gasteiger partial charge is 0.130 e. The van der Waals surface area contributed by atoms with E-state index in [9.17, 15) is 0 Å². The fourth-order valence-corrected chi connectivity index (χ4v) is 2.38. The molecule has 2 nitrogen and oxygen atoms in total. The van der Waals surface area contributed by atoms with E-state index in [2.05, 4.69) is 26.8 Å².